The van der Waals surface area contributed by atoms with Crippen molar-refractivity contribution in [3.8, 4) is 17.4 Å². The summed E-state index contributed by atoms with van der Waals surface area (Å²) in [5.74, 6) is 0.328. The van der Waals surface area contributed by atoms with Crippen LogP contribution >= 0.6 is 11.3 Å². The van der Waals surface area contributed by atoms with Gasteiger partial charge in [-0.1, -0.05) is 19.6 Å². The minimum atomic E-state index is -0.0528. The molecular weight excluding hydrogens is 376 g/mol. The van der Waals surface area contributed by atoms with Crippen LogP contribution in [0.15, 0.2) is 36.4 Å². The Kier molecular flexibility index (Phi) is 6.91. The molecule has 0 unspecified atom stereocenters. The summed E-state index contributed by atoms with van der Waals surface area (Å²) in [7, 11) is 0. The molecule has 0 atom stereocenters. The van der Waals surface area contributed by atoms with Crippen molar-refractivity contribution in [3.63, 3.8) is 0 Å². The van der Waals surface area contributed by atoms with Gasteiger partial charge in [-0.3, -0.25) is 4.98 Å². The predicted octanol–water partition coefficient (Wildman–Crippen LogP) is 3.15. The molecule has 0 spiro atoms. The smallest absolute Gasteiger partial charge is 0.233 e. The molecule has 0 aliphatic rings. The van der Waals surface area contributed by atoms with Crippen LogP contribution in [-0.2, 0) is 4.74 Å². The average molecular weight is 401 g/mol. The summed E-state index contributed by atoms with van der Waals surface area (Å²) in [5.41, 5.74) is 2.96. The van der Waals surface area contributed by atoms with Crippen LogP contribution < -0.4 is 0 Å². The topological polar surface area (TPSA) is 91.6 Å². The highest BCUT2D eigenvalue weighted by atomic mass is 32.1. The van der Waals surface area contributed by atoms with Crippen molar-refractivity contribution < 1.29 is 14.9 Å². The molecule has 0 aliphatic heterocycles. The van der Waals surface area contributed by atoms with E-state index in [2.05, 4.69) is 33.4 Å². The van der Waals surface area contributed by atoms with E-state index in [4.69, 9.17) is 9.84 Å². The molecular formula is C20H24N4O3S. The SMILES string of the molecule is C=C(c1csc2c(O)nc(-c3ccccn3)nc12)N(CCC)CCOCCO. The average Bonchev–Trinajstić information content (AvgIpc) is 3.15. The molecule has 3 aromatic heterocycles. The highest BCUT2D eigenvalue weighted by molar-refractivity contribution is 7.17. The first-order valence-electron chi connectivity index (χ1n) is 9.18. The molecule has 148 valence electrons. The standard InChI is InChI=1S/C20H24N4O3S/c1-3-8-24(9-11-27-12-10-25)14(2)15-13-28-18-17(15)22-19(23-20(18)26)16-6-4-5-7-21-16/h4-7,13,25H,2-3,8-12H2,1H3,(H,22,23,26). The second-order valence-corrected chi connectivity index (χ2v) is 7.06. The Balaban J connectivity index is 1.92. The number of aromatic hydroxyl groups is 1. The fraction of sp³-hybridized carbons (Fsp3) is 0.350. The van der Waals surface area contributed by atoms with Crippen LogP contribution in [0, 0.1) is 0 Å². The Morgan fingerprint density at radius 1 is 1.25 bits per heavy atom. The summed E-state index contributed by atoms with van der Waals surface area (Å²) >= 11 is 1.39. The lowest BCUT2D eigenvalue weighted by molar-refractivity contribution is 0.0829. The molecule has 8 heteroatoms. The quantitative estimate of drug-likeness (QED) is 0.505. The lowest BCUT2D eigenvalue weighted by atomic mass is 10.2. The zero-order chi connectivity index (χ0) is 19.9. The van der Waals surface area contributed by atoms with Crippen molar-refractivity contribution in [2.24, 2.45) is 0 Å². The van der Waals surface area contributed by atoms with E-state index in [0.29, 0.717) is 41.5 Å². The van der Waals surface area contributed by atoms with Crippen molar-refractivity contribution in [1.82, 2.24) is 19.9 Å². The summed E-state index contributed by atoms with van der Waals surface area (Å²) in [6, 6.07) is 5.49. The maximum Gasteiger partial charge on any atom is 0.233 e. The lowest BCUT2D eigenvalue weighted by Crippen LogP contribution is -2.27. The number of ether oxygens (including phenoxy) is 1. The zero-order valence-corrected chi connectivity index (χ0v) is 16.7. The van der Waals surface area contributed by atoms with Gasteiger partial charge >= 0.3 is 0 Å². The Bertz CT molecular complexity index is 930. The highest BCUT2D eigenvalue weighted by Crippen LogP contribution is 2.36. The maximum atomic E-state index is 10.4. The molecule has 3 rings (SSSR count). The first-order chi connectivity index (χ1) is 13.7. The summed E-state index contributed by atoms with van der Waals surface area (Å²) < 4.78 is 6.04. The largest absolute Gasteiger partial charge is 0.492 e. The van der Waals surface area contributed by atoms with E-state index in [0.717, 1.165) is 24.2 Å². The fourth-order valence-corrected chi connectivity index (χ4v) is 3.78. The number of aliphatic hydroxyl groups is 1. The van der Waals surface area contributed by atoms with Crippen LogP contribution in [0.3, 0.4) is 0 Å². The molecule has 7 nitrogen and oxygen atoms in total. The summed E-state index contributed by atoms with van der Waals surface area (Å²) in [4.78, 5) is 15.3. The summed E-state index contributed by atoms with van der Waals surface area (Å²) in [6.45, 7) is 8.69. The number of hydrogen-bond donors (Lipinski definition) is 2. The Hall–Kier alpha value is -2.55. The molecule has 0 radical (unpaired) electrons. The van der Waals surface area contributed by atoms with E-state index in [9.17, 15) is 5.11 Å². The van der Waals surface area contributed by atoms with Crippen LogP contribution in [0.4, 0.5) is 0 Å². The third kappa shape index (κ3) is 4.46. The maximum absolute atomic E-state index is 10.4. The van der Waals surface area contributed by atoms with Gasteiger partial charge in [0.2, 0.25) is 5.88 Å². The molecule has 0 aromatic carbocycles. The number of aliphatic hydroxyl groups excluding tert-OH is 1. The van der Waals surface area contributed by atoms with E-state index < -0.39 is 0 Å². The van der Waals surface area contributed by atoms with Gasteiger partial charge in [-0.25, -0.2) is 4.98 Å². The second-order valence-electron chi connectivity index (χ2n) is 6.18. The van der Waals surface area contributed by atoms with E-state index in [1.807, 2.05) is 23.6 Å². The van der Waals surface area contributed by atoms with Crippen LogP contribution in [0.2, 0.25) is 0 Å². The molecule has 0 aliphatic carbocycles. The fourth-order valence-electron chi connectivity index (χ4n) is 2.88. The first-order valence-corrected chi connectivity index (χ1v) is 10.1. The molecule has 0 bridgehead atoms. The number of thiophene rings is 1. The third-order valence-electron chi connectivity index (χ3n) is 4.22. The van der Waals surface area contributed by atoms with Crippen LogP contribution in [0.1, 0.15) is 18.9 Å². The lowest BCUT2D eigenvalue weighted by Gasteiger charge is -2.26. The third-order valence-corrected chi connectivity index (χ3v) is 5.18. The molecule has 2 N–H and O–H groups in total. The second kappa shape index (κ2) is 9.59. The predicted molar refractivity (Wildman–Crippen MR) is 111 cm³/mol. The number of rotatable bonds is 10. The molecule has 0 fully saturated rings. The first kappa shape index (κ1) is 20.2. The van der Waals surface area contributed by atoms with Gasteiger partial charge in [-0.15, -0.1) is 11.3 Å². The van der Waals surface area contributed by atoms with Crippen LogP contribution in [-0.4, -0.2) is 63.0 Å². The van der Waals surface area contributed by atoms with Gasteiger partial charge in [0.05, 0.1) is 25.3 Å². The zero-order valence-electron chi connectivity index (χ0n) is 15.8. The summed E-state index contributed by atoms with van der Waals surface area (Å²) in [6.07, 6.45) is 2.63. The molecule has 0 saturated carbocycles. The van der Waals surface area contributed by atoms with Gasteiger partial charge in [0.1, 0.15) is 10.4 Å². The number of nitrogens with zero attached hydrogens (tertiary/aromatic N) is 4. The van der Waals surface area contributed by atoms with Gasteiger partial charge in [0.25, 0.3) is 0 Å². The molecule has 3 heterocycles. The Morgan fingerprint density at radius 3 is 2.82 bits per heavy atom. The van der Waals surface area contributed by atoms with E-state index in [1.165, 1.54) is 11.3 Å². The van der Waals surface area contributed by atoms with Crippen molar-refractivity contribution >= 4 is 27.3 Å². The van der Waals surface area contributed by atoms with E-state index >= 15 is 0 Å². The van der Waals surface area contributed by atoms with Gasteiger partial charge < -0.3 is 19.8 Å². The molecule has 28 heavy (non-hydrogen) atoms. The monoisotopic (exact) mass is 400 g/mol. The molecule has 3 aromatic rings. The molecule has 0 amide bonds. The highest BCUT2D eigenvalue weighted by Gasteiger charge is 2.19. The van der Waals surface area contributed by atoms with Crippen molar-refractivity contribution in [2.75, 3.05) is 32.9 Å². The molecule has 0 saturated heterocycles. The minimum Gasteiger partial charge on any atom is -0.492 e. The Morgan fingerprint density at radius 2 is 2.11 bits per heavy atom. The van der Waals surface area contributed by atoms with Gasteiger partial charge in [-0.2, -0.15) is 4.98 Å². The van der Waals surface area contributed by atoms with E-state index in [-0.39, 0.29) is 12.5 Å². The number of hydrogen-bond acceptors (Lipinski definition) is 8. The Labute approximate surface area is 168 Å². The van der Waals surface area contributed by atoms with Crippen LogP contribution in [0.5, 0.6) is 5.88 Å². The van der Waals surface area contributed by atoms with Crippen molar-refractivity contribution in [3.05, 3.63) is 41.9 Å². The number of fused-ring (bicyclic) bond motifs is 1. The number of pyridine rings is 1. The van der Waals surface area contributed by atoms with Crippen molar-refractivity contribution in [1.29, 1.82) is 0 Å². The van der Waals surface area contributed by atoms with E-state index in [1.54, 1.807) is 6.20 Å². The number of aromatic nitrogens is 3. The van der Waals surface area contributed by atoms with Crippen LogP contribution in [0.25, 0.3) is 27.4 Å². The van der Waals surface area contributed by atoms with Gasteiger partial charge in [0.15, 0.2) is 5.82 Å². The van der Waals surface area contributed by atoms with Crippen molar-refractivity contribution in [2.45, 2.75) is 13.3 Å². The van der Waals surface area contributed by atoms with Gasteiger partial charge in [0, 0.05) is 35.9 Å². The van der Waals surface area contributed by atoms with Gasteiger partial charge in [-0.05, 0) is 18.6 Å². The normalized spacial score (nSPS) is 11.1. The summed E-state index contributed by atoms with van der Waals surface area (Å²) in [5, 5.41) is 21.2. The minimum absolute atomic E-state index is 0.0103.